The number of halogens is 2. The first-order chi connectivity index (χ1) is 9.88. The molecule has 2 rings (SSSR count). The number of carbonyl (C=O) groups excluding carboxylic acids is 1. The number of hydrogen-bond donors (Lipinski definition) is 2. The number of rotatable bonds is 3. The van der Waals surface area contributed by atoms with Crippen molar-refractivity contribution >= 4 is 63.0 Å². The minimum Gasteiger partial charge on any atom is -0.389 e. The Balaban J connectivity index is 2.33. The van der Waals surface area contributed by atoms with Gasteiger partial charge in [0, 0.05) is 19.8 Å². The molecule has 0 fully saturated rings. The van der Waals surface area contributed by atoms with E-state index in [1.54, 1.807) is 24.3 Å². The molecule has 0 aliphatic carbocycles. The average molecular weight is 431 g/mol. The van der Waals surface area contributed by atoms with Gasteiger partial charge in [0.05, 0.1) is 5.56 Å². The van der Waals surface area contributed by atoms with E-state index in [1.807, 2.05) is 19.1 Å². The first-order valence-electron chi connectivity index (χ1n) is 6.05. The lowest BCUT2D eigenvalue weighted by molar-refractivity contribution is 0.102. The van der Waals surface area contributed by atoms with Gasteiger partial charge in [0.25, 0.3) is 5.91 Å². The molecule has 0 unspecified atom stereocenters. The van der Waals surface area contributed by atoms with Crippen LogP contribution in [0.15, 0.2) is 36.4 Å². The first-order valence-corrected chi connectivity index (χ1v) is 7.92. The lowest BCUT2D eigenvalue weighted by Crippen LogP contribution is -2.16. The van der Waals surface area contributed by atoms with Gasteiger partial charge in [-0.15, -0.1) is 0 Å². The van der Waals surface area contributed by atoms with Crippen LogP contribution in [0.1, 0.15) is 21.5 Å². The molecule has 108 valence electrons. The molecule has 3 nitrogen and oxygen atoms in total. The van der Waals surface area contributed by atoms with Gasteiger partial charge >= 0.3 is 0 Å². The van der Waals surface area contributed by atoms with E-state index in [1.165, 1.54) is 0 Å². The van der Waals surface area contributed by atoms with Gasteiger partial charge in [0.2, 0.25) is 0 Å². The maximum Gasteiger partial charge on any atom is 0.256 e. The summed E-state index contributed by atoms with van der Waals surface area (Å²) >= 11 is 13.0. The quantitative estimate of drug-likeness (QED) is 0.568. The molecule has 0 aliphatic rings. The van der Waals surface area contributed by atoms with Crippen molar-refractivity contribution in [3.8, 4) is 0 Å². The third-order valence-electron chi connectivity index (χ3n) is 2.94. The molecule has 0 bridgehead atoms. The van der Waals surface area contributed by atoms with Crippen LogP contribution in [-0.2, 0) is 0 Å². The maximum absolute atomic E-state index is 12.4. The lowest BCUT2D eigenvalue weighted by atomic mass is 10.1. The molecule has 0 heterocycles. The monoisotopic (exact) mass is 430 g/mol. The van der Waals surface area contributed by atoms with Crippen molar-refractivity contribution in [3.63, 3.8) is 0 Å². The fourth-order valence-electron chi connectivity index (χ4n) is 1.77. The molecule has 21 heavy (non-hydrogen) atoms. The molecular weight excluding hydrogens is 419 g/mol. The summed E-state index contributed by atoms with van der Waals surface area (Å²) in [6.45, 7) is 1.90. The van der Waals surface area contributed by atoms with Crippen LogP contribution < -0.4 is 11.1 Å². The van der Waals surface area contributed by atoms with Gasteiger partial charge in [-0.3, -0.25) is 4.79 Å². The molecule has 0 aliphatic heterocycles. The lowest BCUT2D eigenvalue weighted by Gasteiger charge is -2.11. The molecule has 2 aromatic rings. The van der Waals surface area contributed by atoms with Crippen molar-refractivity contribution in [2.75, 3.05) is 5.32 Å². The van der Waals surface area contributed by atoms with E-state index in [0.717, 1.165) is 9.13 Å². The van der Waals surface area contributed by atoms with Crippen molar-refractivity contribution in [1.29, 1.82) is 0 Å². The Morgan fingerprint density at radius 1 is 1.29 bits per heavy atom. The number of amides is 1. The van der Waals surface area contributed by atoms with Gasteiger partial charge in [-0.05, 0) is 59.3 Å². The molecule has 0 saturated carbocycles. The highest BCUT2D eigenvalue weighted by Gasteiger charge is 2.12. The average Bonchev–Trinajstić information content (AvgIpc) is 2.43. The minimum atomic E-state index is -0.218. The predicted octanol–water partition coefficient (Wildman–Crippen LogP) is 4.14. The highest BCUT2D eigenvalue weighted by molar-refractivity contribution is 14.1. The van der Waals surface area contributed by atoms with Crippen LogP contribution in [0.2, 0.25) is 5.02 Å². The second-order valence-corrected chi connectivity index (χ2v) is 6.51. The molecule has 2 aromatic carbocycles. The second-order valence-electron chi connectivity index (χ2n) is 4.47. The summed E-state index contributed by atoms with van der Waals surface area (Å²) in [4.78, 5) is 12.7. The number of hydrogen-bond acceptors (Lipinski definition) is 2. The van der Waals surface area contributed by atoms with Gasteiger partial charge < -0.3 is 11.1 Å². The van der Waals surface area contributed by atoms with Crippen molar-refractivity contribution in [2.24, 2.45) is 5.73 Å². The third kappa shape index (κ3) is 3.93. The van der Waals surface area contributed by atoms with Crippen LogP contribution in [-0.4, -0.2) is 10.9 Å². The number of benzene rings is 2. The number of nitrogens with one attached hydrogen (secondary N) is 1. The fourth-order valence-corrected chi connectivity index (χ4v) is 2.65. The van der Waals surface area contributed by atoms with Crippen LogP contribution in [0.4, 0.5) is 5.69 Å². The molecule has 0 atom stereocenters. The molecular formula is C15H12ClIN2OS. The number of thiocarbonyl (C=S) groups is 1. The van der Waals surface area contributed by atoms with Crippen LogP contribution in [0.25, 0.3) is 0 Å². The van der Waals surface area contributed by atoms with Crippen LogP contribution in [0, 0.1) is 10.5 Å². The van der Waals surface area contributed by atoms with Gasteiger partial charge in [-0.25, -0.2) is 0 Å². The minimum absolute atomic E-state index is 0.218. The van der Waals surface area contributed by atoms with Crippen LogP contribution >= 0.6 is 46.4 Å². The standard InChI is InChI=1S/C15H12ClIN2OS/c1-8-2-3-9(14(18)21)6-13(8)19-15(20)11-7-10(16)4-5-12(11)17/h2-7H,1H3,(H2,18,21)(H,19,20). The Morgan fingerprint density at radius 3 is 2.67 bits per heavy atom. The summed E-state index contributed by atoms with van der Waals surface area (Å²) in [5.41, 5.74) is 8.48. The highest BCUT2D eigenvalue weighted by atomic mass is 127. The third-order valence-corrected chi connectivity index (χ3v) is 4.35. The molecule has 0 radical (unpaired) electrons. The van der Waals surface area contributed by atoms with Gasteiger partial charge in [-0.2, -0.15) is 0 Å². The zero-order valence-electron chi connectivity index (χ0n) is 11.1. The zero-order chi connectivity index (χ0) is 15.6. The largest absolute Gasteiger partial charge is 0.389 e. The number of anilines is 1. The van der Waals surface area contributed by atoms with E-state index >= 15 is 0 Å². The van der Waals surface area contributed by atoms with Crippen molar-refractivity contribution in [3.05, 3.63) is 61.7 Å². The highest BCUT2D eigenvalue weighted by Crippen LogP contribution is 2.22. The summed E-state index contributed by atoms with van der Waals surface area (Å²) < 4.78 is 0.831. The Bertz CT molecular complexity index is 734. The zero-order valence-corrected chi connectivity index (χ0v) is 14.8. The van der Waals surface area contributed by atoms with E-state index in [0.29, 0.717) is 26.8 Å². The summed E-state index contributed by atoms with van der Waals surface area (Å²) in [7, 11) is 0. The van der Waals surface area contributed by atoms with E-state index in [2.05, 4.69) is 27.9 Å². The molecule has 3 N–H and O–H groups in total. The van der Waals surface area contributed by atoms with Crippen molar-refractivity contribution < 1.29 is 4.79 Å². The SMILES string of the molecule is Cc1ccc(C(N)=S)cc1NC(=O)c1cc(Cl)ccc1I. The number of nitrogens with two attached hydrogens (primary N) is 1. The maximum atomic E-state index is 12.4. The molecule has 0 spiro atoms. The van der Waals surface area contributed by atoms with Gasteiger partial charge in [-0.1, -0.05) is 36.0 Å². The van der Waals surface area contributed by atoms with E-state index in [9.17, 15) is 4.79 Å². The van der Waals surface area contributed by atoms with Crippen molar-refractivity contribution in [1.82, 2.24) is 0 Å². The Morgan fingerprint density at radius 2 is 2.00 bits per heavy atom. The predicted molar refractivity (Wildman–Crippen MR) is 99.2 cm³/mol. The topological polar surface area (TPSA) is 55.1 Å². The number of aryl methyl sites for hydroxylation is 1. The Labute approximate surface area is 147 Å². The van der Waals surface area contributed by atoms with Gasteiger partial charge in [0.15, 0.2) is 0 Å². The summed E-state index contributed by atoms with van der Waals surface area (Å²) in [6, 6.07) is 10.7. The Kier molecular flexibility index (Phi) is 5.18. The van der Waals surface area contributed by atoms with Crippen LogP contribution in [0.5, 0.6) is 0 Å². The molecule has 1 amide bonds. The summed E-state index contributed by atoms with van der Waals surface area (Å²) in [6.07, 6.45) is 0. The molecule has 0 aromatic heterocycles. The second kappa shape index (κ2) is 6.72. The fraction of sp³-hybridized carbons (Fsp3) is 0.0667. The summed E-state index contributed by atoms with van der Waals surface area (Å²) in [5, 5.41) is 3.39. The van der Waals surface area contributed by atoms with Crippen LogP contribution in [0.3, 0.4) is 0 Å². The van der Waals surface area contributed by atoms with E-state index in [4.69, 9.17) is 29.6 Å². The normalized spacial score (nSPS) is 10.2. The summed E-state index contributed by atoms with van der Waals surface area (Å²) in [5.74, 6) is -0.218. The van der Waals surface area contributed by atoms with Crippen molar-refractivity contribution in [2.45, 2.75) is 6.92 Å². The smallest absolute Gasteiger partial charge is 0.256 e. The van der Waals surface area contributed by atoms with Gasteiger partial charge in [0.1, 0.15) is 4.99 Å². The molecule has 6 heteroatoms. The Hall–Kier alpha value is -1.18. The molecule has 0 saturated heterocycles. The number of carbonyl (C=O) groups is 1. The first kappa shape index (κ1) is 16.2. The van der Waals surface area contributed by atoms with E-state index < -0.39 is 0 Å². The van der Waals surface area contributed by atoms with E-state index in [-0.39, 0.29) is 5.91 Å².